The second kappa shape index (κ2) is 19.2. The van der Waals surface area contributed by atoms with Gasteiger partial charge in [0, 0.05) is 95.0 Å². The number of likely N-dealkylation sites (N-methyl/N-ethyl adjacent to an activating group) is 2. The maximum absolute atomic E-state index is 12.4. The molecule has 4 aromatic rings. The molecule has 2 atom stereocenters. The smallest absolute Gasteiger partial charge is 0.261 e. The second-order valence-electron chi connectivity index (χ2n) is 12.8. The highest BCUT2D eigenvalue weighted by molar-refractivity contribution is 8.13. The number of halogens is 5. The van der Waals surface area contributed by atoms with Gasteiger partial charge in [0.25, 0.3) is 9.05 Å². The van der Waals surface area contributed by atoms with Crippen molar-refractivity contribution in [2.45, 2.75) is 34.7 Å². The highest BCUT2D eigenvalue weighted by Crippen LogP contribution is 2.40. The molecule has 7 N–H and O–H groups in total. The Morgan fingerprint density at radius 2 is 1.09 bits per heavy atom. The van der Waals surface area contributed by atoms with Crippen LogP contribution in [0.2, 0.25) is 20.1 Å². The highest BCUT2D eigenvalue weighted by atomic mass is 35.7. The van der Waals surface area contributed by atoms with Crippen LogP contribution < -0.4 is 21.9 Å². The Bertz CT molecular complexity index is 2120. The fraction of sp³-hybridized carbons (Fsp3) is 0.333. The van der Waals surface area contributed by atoms with E-state index in [1.807, 2.05) is 38.4 Å². The Morgan fingerprint density at radius 1 is 0.660 bits per heavy atom. The van der Waals surface area contributed by atoms with Gasteiger partial charge in [-0.05, 0) is 96.0 Å². The van der Waals surface area contributed by atoms with Gasteiger partial charge in [-0.2, -0.15) is 0 Å². The molecule has 53 heavy (non-hydrogen) atoms. The SMILES string of the molecule is CN1Cc2c(Cl)cc(Cl)cc2C(c2cccc(S(=O)(=O)Cl)c2)C1.CN1Cc2c(Cl)cc(Cl)cc2C(c2cccc(S(=O)(=O)NCCN)c2)C1.NCCN. The van der Waals surface area contributed by atoms with E-state index in [9.17, 15) is 16.8 Å². The van der Waals surface area contributed by atoms with E-state index in [0.717, 1.165) is 59.6 Å². The molecule has 10 nitrogen and oxygen atoms in total. The summed E-state index contributed by atoms with van der Waals surface area (Å²) < 4.78 is 50.5. The van der Waals surface area contributed by atoms with Crippen LogP contribution in [0.25, 0.3) is 0 Å². The Labute approximate surface area is 336 Å². The normalized spacial score (nSPS) is 17.5. The van der Waals surface area contributed by atoms with E-state index in [1.165, 1.54) is 6.07 Å². The fourth-order valence-corrected chi connectivity index (χ4v) is 9.37. The zero-order valence-corrected chi connectivity index (χ0v) is 34.6. The summed E-state index contributed by atoms with van der Waals surface area (Å²) >= 11 is 25.1. The zero-order valence-electron chi connectivity index (χ0n) is 29.2. The van der Waals surface area contributed by atoms with Crippen LogP contribution in [0, 0.1) is 0 Å². The molecule has 0 bridgehead atoms. The van der Waals surface area contributed by atoms with Crippen molar-refractivity contribution >= 4 is 76.2 Å². The third kappa shape index (κ3) is 11.5. The predicted octanol–water partition coefficient (Wildman–Crippen LogP) is 6.21. The van der Waals surface area contributed by atoms with Crippen molar-refractivity contribution in [2.24, 2.45) is 17.2 Å². The summed E-state index contributed by atoms with van der Waals surface area (Å²) in [5.74, 6) is -0.0251. The average molecular weight is 865 g/mol. The Morgan fingerprint density at radius 3 is 1.51 bits per heavy atom. The monoisotopic (exact) mass is 862 g/mol. The molecule has 2 aliphatic rings. The molecule has 0 saturated carbocycles. The van der Waals surface area contributed by atoms with Crippen LogP contribution in [0.1, 0.15) is 45.2 Å². The molecule has 2 unspecified atom stereocenters. The number of rotatable bonds is 8. The number of hydrogen-bond donors (Lipinski definition) is 4. The van der Waals surface area contributed by atoms with Crippen molar-refractivity contribution in [3.63, 3.8) is 0 Å². The molecule has 17 heteroatoms. The van der Waals surface area contributed by atoms with E-state index in [4.69, 9.17) is 74.3 Å². The van der Waals surface area contributed by atoms with E-state index >= 15 is 0 Å². The zero-order chi connectivity index (χ0) is 39.1. The van der Waals surface area contributed by atoms with Crippen molar-refractivity contribution in [1.82, 2.24) is 14.5 Å². The van der Waals surface area contributed by atoms with Crippen molar-refractivity contribution in [3.05, 3.63) is 126 Å². The number of fused-ring (bicyclic) bond motifs is 2. The molecule has 4 aromatic carbocycles. The van der Waals surface area contributed by atoms with Crippen LogP contribution in [0.15, 0.2) is 82.6 Å². The quantitative estimate of drug-likeness (QED) is 0.151. The van der Waals surface area contributed by atoms with Crippen LogP contribution in [-0.2, 0) is 32.2 Å². The van der Waals surface area contributed by atoms with Crippen LogP contribution >= 0.6 is 57.1 Å². The standard InChI is InChI=1S/C18H21Cl2N3O2S.C16H14Cl3NO2S.C2H8N2/c1-23-10-16(15-8-13(19)9-18(20)17(15)11-23)12-3-2-4-14(7-12)26(24,25)22-6-5-21;1-20-8-14(10-3-2-4-12(5-10)23(19,21)22)13-6-11(17)7-16(18)15(13)9-20;3-1-2-4/h2-4,7-9,16,22H,5-6,10-11,21H2,1H3;2-7,14H,8-9H2,1H3;1-4H2. The molecule has 0 fully saturated rings. The number of nitrogens with one attached hydrogen (secondary N) is 1. The molecule has 288 valence electrons. The first kappa shape index (κ1) is 43.7. The number of hydrogen-bond acceptors (Lipinski definition) is 9. The summed E-state index contributed by atoms with van der Waals surface area (Å²) in [7, 11) is 2.14. The molecule has 2 heterocycles. The highest BCUT2D eigenvalue weighted by Gasteiger charge is 2.29. The minimum atomic E-state index is -3.76. The first-order valence-electron chi connectivity index (χ1n) is 16.6. The minimum Gasteiger partial charge on any atom is -0.329 e. The summed E-state index contributed by atoms with van der Waals surface area (Å²) in [6.07, 6.45) is 0. The minimum absolute atomic E-state index is 0.00962. The largest absolute Gasteiger partial charge is 0.329 e. The van der Waals surface area contributed by atoms with Gasteiger partial charge in [-0.25, -0.2) is 21.6 Å². The molecule has 0 aliphatic carbocycles. The van der Waals surface area contributed by atoms with E-state index in [2.05, 4.69) is 14.5 Å². The van der Waals surface area contributed by atoms with Crippen molar-refractivity contribution in [2.75, 3.05) is 53.4 Å². The third-order valence-corrected chi connectivity index (χ3v) is 12.6. The number of sulfonamides is 1. The maximum atomic E-state index is 12.4. The number of nitrogens with two attached hydrogens (primary N) is 3. The Hall–Kier alpha value is -2.01. The number of nitrogens with zero attached hydrogens (tertiary/aromatic N) is 2. The van der Waals surface area contributed by atoms with Gasteiger partial charge in [-0.15, -0.1) is 0 Å². The van der Waals surface area contributed by atoms with E-state index in [-0.39, 0.29) is 34.7 Å². The lowest BCUT2D eigenvalue weighted by Gasteiger charge is -2.33. The van der Waals surface area contributed by atoms with Crippen LogP contribution in [0.5, 0.6) is 0 Å². The van der Waals surface area contributed by atoms with Crippen LogP contribution in [0.4, 0.5) is 0 Å². The lowest BCUT2D eigenvalue weighted by atomic mass is 9.85. The third-order valence-electron chi connectivity index (χ3n) is 8.70. The lowest BCUT2D eigenvalue weighted by Crippen LogP contribution is -2.32. The molecule has 0 aromatic heterocycles. The van der Waals surface area contributed by atoms with E-state index < -0.39 is 19.1 Å². The molecule has 0 radical (unpaired) electrons. The van der Waals surface area contributed by atoms with Crippen LogP contribution in [-0.4, -0.2) is 80.0 Å². The van der Waals surface area contributed by atoms with Gasteiger partial charge >= 0.3 is 0 Å². The molecular formula is C36H43Cl5N6O4S2. The predicted molar refractivity (Wildman–Crippen MR) is 218 cm³/mol. The maximum Gasteiger partial charge on any atom is 0.261 e. The second-order valence-corrected chi connectivity index (χ2v) is 18.8. The van der Waals surface area contributed by atoms with Gasteiger partial charge in [0.05, 0.1) is 9.79 Å². The summed E-state index contributed by atoms with van der Waals surface area (Å²) in [6.45, 7) is 4.61. The average Bonchev–Trinajstić information content (AvgIpc) is 3.11. The van der Waals surface area contributed by atoms with Gasteiger partial charge in [0.1, 0.15) is 0 Å². The van der Waals surface area contributed by atoms with E-state index in [1.54, 1.807) is 42.5 Å². The van der Waals surface area contributed by atoms with Gasteiger partial charge in [0.2, 0.25) is 10.0 Å². The van der Waals surface area contributed by atoms with Crippen molar-refractivity contribution in [3.8, 4) is 0 Å². The van der Waals surface area contributed by atoms with Crippen molar-refractivity contribution in [1.29, 1.82) is 0 Å². The van der Waals surface area contributed by atoms with Gasteiger partial charge in [0.15, 0.2) is 0 Å². The molecule has 2 aliphatic heterocycles. The summed E-state index contributed by atoms with van der Waals surface area (Å²) in [5, 5.41) is 2.42. The Balaban J connectivity index is 0.000000216. The molecule has 6 rings (SSSR count). The number of benzene rings is 4. The van der Waals surface area contributed by atoms with Gasteiger partial charge < -0.3 is 27.0 Å². The molecule has 0 saturated heterocycles. The summed E-state index contributed by atoms with van der Waals surface area (Å²) in [6, 6.07) is 21.0. The van der Waals surface area contributed by atoms with E-state index in [0.29, 0.717) is 33.2 Å². The van der Waals surface area contributed by atoms with Gasteiger partial charge in [-0.3, -0.25) is 0 Å². The topological polar surface area (TPSA) is 165 Å². The fourth-order valence-electron chi connectivity index (χ4n) is 6.32. The molecule has 0 spiro atoms. The first-order valence-corrected chi connectivity index (χ1v) is 21.9. The first-order chi connectivity index (χ1) is 25.0. The molecule has 0 amide bonds. The van der Waals surface area contributed by atoms with Gasteiger partial charge in [-0.1, -0.05) is 70.7 Å². The van der Waals surface area contributed by atoms with Crippen molar-refractivity contribution < 1.29 is 16.8 Å². The summed E-state index contributed by atoms with van der Waals surface area (Å²) in [5.41, 5.74) is 21.1. The summed E-state index contributed by atoms with van der Waals surface area (Å²) in [4.78, 5) is 4.64. The molecular weight excluding hydrogens is 822 g/mol. The Kier molecular flexibility index (Phi) is 15.9. The van der Waals surface area contributed by atoms with Crippen LogP contribution in [0.3, 0.4) is 0 Å². The lowest BCUT2D eigenvalue weighted by molar-refractivity contribution is 0.295.